The van der Waals surface area contributed by atoms with Crippen LogP contribution in [0.1, 0.15) is 11.4 Å². The summed E-state index contributed by atoms with van der Waals surface area (Å²) in [6.45, 7) is 3.71. The van der Waals surface area contributed by atoms with Crippen LogP contribution in [0.15, 0.2) is 12.1 Å². The molecule has 7 nitrogen and oxygen atoms in total. The number of nitrogens with zero attached hydrogens (tertiary/aromatic N) is 4. The summed E-state index contributed by atoms with van der Waals surface area (Å²) in [6, 6.07) is 3.58. The molecule has 3 rings (SSSR count). The number of hydrogen-bond acceptors (Lipinski definition) is 6. The summed E-state index contributed by atoms with van der Waals surface area (Å²) in [6.07, 6.45) is 0. The van der Waals surface area contributed by atoms with Crippen molar-refractivity contribution in [2.24, 2.45) is 0 Å². The Morgan fingerprint density at radius 2 is 1.58 bits per heavy atom. The van der Waals surface area contributed by atoms with Gasteiger partial charge in [0.1, 0.15) is 0 Å². The van der Waals surface area contributed by atoms with Crippen LogP contribution in [0.4, 0.5) is 0 Å². The van der Waals surface area contributed by atoms with Gasteiger partial charge in [0, 0.05) is 5.56 Å². The van der Waals surface area contributed by atoms with E-state index in [1.807, 2.05) is 13.8 Å². The zero-order chi connectivity index (χ0) is 17.4. The minimum Gasteiger partial charge on any atom is -0.493 e. The molecule has 2 aromatic heterocycles. The van der Waals surface area contributed by atoms with E-state index in [-0.39, 0.29) is 0 Å². The summed E-state index contributed by atoms with van der Waals surface area (Å²) < 4.78 is 17.7. The molecule has 0 aliphatic heterocycles. The molecule has 0 aliphatic carbocycles. The number of aryl methyl sites for hydroxylation is 2. The van der Waals surface area contributed by atoms with E-state index in [0.29, 0.717) is 39.6 Å². The zero-order valence-corrected chi connectivity index (χ0v) is 14.8. The monoisotopic (exact) mass is 348 g/mol. The molecule has 0 saturated heterocycles. The van der Waals surface area contributed by atoms with Crippen molar-refractivity contribution in [3.63, 3.8) is 0 Å². The van der Waals surface area contributed by atoms with Gasteiger partial charge in [-0.2, -0.15) is 9.50 Å². The van der Waals surface area contributed by atoms with Crippen LogP contribution >= 0.6 is 11.6 Å². The number of halogens is 1. The quantitative estimate of drug-likeness (QED) is 0.721. The fourth-order valence-corrected chi connectivity index (χ4v) is 2.61. The van der Waals surface area contributed by atoms with Gasteiger partial charge in [-0.05, 0) is 26.0 Å². The molecule has 0 unspecified atom stereocenters. The predicted octanol–water partition coefficient (Wildman–Crippen LogP) is 3.09. The Balaban J connectivity index is 2.22. The van der Waals surface area contributed by atoms with E-state index in [1.54, 1.807) is 38.0 Å². The SMILES string of the molecule is COc1cc(-c2nc3nc(C)c(Cl)c(C)n3n2)cc(OC)c1OC. The van der Waals surface area contributed by atoms with Crippen molar-refractivity contribution in [2.45, 2.75) is 13.8 Å². The number of methoxy groups -OCH3 is 3. The standard InChI is InChI=1S/C16H17ClN4O3/c1-8-13(17)9(2)21-16(18-8)19-15(20-21)10-6-11(22-3)14(24-5)12(7-10)23-4/h6-7H,1-5H3. The van der Waals surface area contributed by atoms with E-state index in [9.17, 15) is 0 Å². The van der Waals surface area contributed by atoms with Crippen LogP contribution in [0.25, 0.3) is 17.2 Å². The molecular formula is C16H17ClN4O3. The van der Waals surface area contributed by atoms with Crippen molar-refractivity contribution in [3.8, 4) is 28.6 Å². The molecule has 3 aromatic rings. The lowest BCUT2D eigenvalue weighted by atomic mass is 10.1. The van der Waals surface area contributed by atoms with Gasteiger partial charge in [-0.1, -0.05) is 11.6 Å². The lowest BCUT2D eigenvalue weighted by molar-refractivity contribution is 0.324. The van der Waals surface area contributed by atoms with Gasteiger partial charge in [0.2, 0.25) is 5.75 Å². The molecule has 24 heavy (non-hydrogen) atoms. The minimum absolute atomic E-state index is 0.484. The van der Waals surface area contributed by atoms with Crippen molar-refractivity contribution < 1.29 is 14.2 Å². The fraction of sp³-hybridized carbons (Fsp3) is 0.312. The van der Waals surface area contributed by atoms with Gasteiger partial charge < -0.3 is 14.2 Å². The Kier molecular flexibility index (Phi) is 4.19. The average molecular weight is 349 g/mol. The minimum atomic E-state index is 0.484. The van der Waals surface area contributed by atoms with Gasteiger partial charge in [0.15, 0.2) is 17.3 Å². The Bertz CT molecular complexity index is 898. The molecular weight excluding hydrogens is 332 g/mol. The third-order valence-electron chi connectivity index (χ3n) is 3.73. The first-order chi connectivity index (χ1) is 11.5. The maximum atomic E-state index is 6.24. The Hall–Kier alpha value is -2.54. The number of ether oxygens (including phenoxy) is 3. The maximum Gasteiger partial charge on any atom is 0.253 e. The molecule has 0 radical (unpaired) electrons. The largest absolute Gasteiger partial charge is 0.493 e. The molecule has 0 bridgehead atoms. The van der Waals surface area contributed by atoms with Crippen molar-refractivity contribution in [1.29, 1.82) is 0 Å². The van der Waals surface area contributed by atoms with Crippen LogP contribution < -0.4 is 14.2 Å². The van der Waals surface area contributed by atoms with E-state index in [1.165, 1.54) is 0 Å². The highest BCUT2D eigenvalue weighted by molar-refractivity contribution is 6.31. The highest BCUT2D eigenvalue weighted by Crippen LogP contribution is 2.40. The Morgan fingerprint density at radius 1 is 0.958 bits per heavy atom. The maximum absolute atomic E-state index is 6.24. The van der Waals surface area contributed by atoms with Gasteiger partial charge in [0.05, 0.1) is 37.7 Å². The van der Waals surface area contributed by atoms with Crippen molar-refractivity contribution in [2.75, 3.05) is 21.3 Å². The van der Waals surface area contributed by atoms with Gasteiger partial charge >= 0.3 is 0 Å². The van der Waals surface area contributed by atoms with Crippen LogP contribution in [-0.2, 0) is 0 Å². The number of rotatable bonds is 4. The zero-order valence-electron chi connectivity index (χ0n) is 14.0. The topological polar surface area (TPSA) is 70.8 Å². The van der Waals surface area contributed by atoms with E-state index in [2.05, 4.69) is 15.1 Å². The summed E-state index contributed by atoms with van der Waals surface area (Å²) in [4.78, 5) is 8.85. The second kappa shape index (κ2) is 6.16. The van der Waals surface area contributed by atoms with E-state index < -0.39 is 0 Å². The highest BCUT2D eigenvalue weighted by atomic mass is 35.5. The van der Waals surface area contributed by atoms with E-state index in [4.69, 9.17) is 25.8 Å². The molecule has 0 aliphatic rings. The van der Waals surface area contributed by atoms with Gasteiger partial charge in [-0.15, -0.1) is 5.10 Å². The molecule has 0 atom stereocenters. The summed E-state index contributed by atoms with van der Waals surface area (Å²) in [5, 5.41) is 5.07. The van der Waals surface area contributed by atoms with Crippen molar-refractivity contribution in [3.05, 3.63) is 28.5 Å². The van der Waals surface area contributed by atoms with Crippen LogP contribution in [-0.4, -0.2) is 40.9 Å². The molecule has 1 aromatic carbocycles. The van der Waals surface area contributed by atoms with Gasteiger partial charge in [-0.25, -0.2) is 4.98 Å². The van der Waals surface area contributed by atoms with Crippen LogP contribution in [0.5, 0.6) is 17.2 Å². The normalized spacial score (nSPS) is 10.9. The predicted molar refractivity (Wildman–Crippen MR) is 90.4 cm³/mol. The first kappa shape index (κ1) is 16.3. The summed E-state index contributed by atoms with van der Waals surface area (Å²) in [5.74, 6) is 2.56. The summed E-state index contributed by atoms with van der Waals surface area (Å²) >= 11 is 6.24. The average Bonchev–Trinajstić information content (AvgIpc) is 3.02. The van der Waals surface area contributed by atoms with Crippen LogP contribution in [0, 0.1) is 13.8 Å². The highest BCUT2D eigenvalue weighted by Gasteiger charge is 2.18. The first-order valence-electron chi connectivity index (χ1n) is 7.20. The van der Waals surface area contributed by atoms with Gasteiger partial charge in [0.25, 0.3) is 5.78 Å². The number of hydrogen-bond donors (Lipinski definition) is 0. The third-order valence-corrected chi connectivity index (χ3v) is 4.28. The van der Waals surface area contributed by atoms with Crippen LogP contribution in [0.2, 0.25) is 5.02 Å². The summed E-state index contributed by atoms with van der Waals surface area (Å²) in [5.41, 5.74) is 2.22. The third kappa shape index (κ3) is 2.50. The van der Waals surface area contributed by atoms with Crippen LogP contribution in [0.3, 0.4) is 0 Å². The molecule has 0 amide bonds. The van der Waals surface area contributed by atoms with E-state index >= 15 is 0 Å². The fourth-order valence-electron chi connectivity index (χ4n) is 2.49. The van der Waals surface area contributed by atoms with Crippen molar-refractivity contribution >= 4 is 17.4 Å². The van der Waals surface area contributed by atoms with Crippen molar-refractivity contribution in [1.82, 2.24) is 19.6 Å². The molecule has 2 heterocycles. The molecule has 126 valence electrons. The lowest BCUT2D eigenvalue weighted by Crippen LogP contribution is -1.99. The Morgan fingerprint density at radius 3 is 2.12 bits per heavy atom. The second-order valence-corrected chi connectivity index (χ2v) is 5.54. The number of benzene rings is 1. The lowest BCUT2D eigenvalue weighted by Gasteiger charge is -2.12. The number of fused-ring (bicyclic) bond motifs is 1. The summed E-state index contributed by atoms with van der Waals surface area (Å²) in [7, 11) is 4.68. The molecule has 0 spiro atoms. The molecule has 0 N–H and O–H groups in total. The molecule has 0 fully saturated rings. The second-order valence-electron chi connectivity index (χ2n) is 5.16. The van der Waals surface area contributed by atoms with E-state index in [0.717, 1.165) is 11.3 Å². The number of aromatic nitrogens is 4. The smallest absolute Gasteiger partial charge is 0.253 e. The first-order valence-corrected chi connectivity index (χ1v) is 7.57. The Labute approximate surface area is 144 Å². The molecule has 0 saturated carbocycles. The van der Waals surface area contributed by atoms with Gasteiger partial charge in [-0.3, -0.25) is 0 Å². The molecule has 8 heteroatoms.